The summed E-state index contributed by atoms with van der Waals surface area (Å²) in [5, 5.41) is 10.9. The van der Waals surface area contributed by atoms with Crippen molar-refractivity contribution in [2.45, 2.75) is 39.4 Å². The molecule has 0 aliphatic carbocycles. The monoisotopic (exact) mass is 359 g/mol. The van der Waals surface area contributed by atoms with E-state index in [2.05, 4.69) is 39.3 Å². The van der Waals surface area contributed by atoms with Gasteiger partial charge in [-0.3, -0.25) is 0 Å². The molecule has 0 aromatic carbocycles. The van der Waals surface area contributed by atoms with Gasteiger partial charge in [0.1, 0.15) is 24.7 Å². The average Bonchev–Trinajstić information content (AvgIpc) is 3.37. The minimum atomic E-state index is -0.230. The van der Waals surface area contributed by atoms with Crippen molar-refractivity contribution in [3.8, 4) is 0 Å². The molecule has 3 aromatic rings. The molecule has 0 fully saturated rings. The smallest absolute Gasteiger partial charge is 0.318 e. The van der Waals surface area contributed by atoms with Crippen LogP contribution in [0.3, 0.4) is 0 Å². The molecule has 0 saturated heterocycles. The first kappa shape index (κ1) is 17.6. The Morgan fingerprint density at radius 1 is 1.19 bits per heavy atom. The zero-order valence-electron chi connectivity index (χ0n) is 14.7. The molecule has 0 atom stereocenters. The number of nitrogens with one attached hydrogen (secondary N) is 1. The summed E-state index contributed by atoms with van der Waals surface area (Å²) in [4.78, 5) is 22.3. The van der Waals surface area contributed by atoms with E-state index in [1.54, 1.807) is 11.2 Å². The fourth-order valence-corrected chi connectivity index (χ4v) is 2.49. The summed E-state index contributed by atoms with van der Waals surface area (Å²) in [6.07, 6.45) is 7.97. The van der Waals surface area contributed by atoms with Gasteiger partial charge < -0.3 is 23.6 Å². The predicted molar refractivity (Wildman–Crippen MR) is 89.8 cm³/mol. The lowest BCUT2D eigenvalue weighted by atomic mass is 10.3. The highest BCUT2D eigenvalue weighted by atomic mass is 16.3. The van der Waals surface area contributed by atoms with Gasteiger partial charge in [0, 0.05) is 19.0 Å². The topological polar surface area (TPSA) is 115 Å². The predicted octanol–water partition coefficient (Wildman–Crippen LogP) is 1.79. The third-order valence-electron chi connectivity index (χ3n) is 3.79. The van der Waals surface area contributed by atoms with E-state index in [4.69, 9.17) is 8.83 Å². The van der Waals surface area contributed by atoms with Crippen molar-refractivity contribution in [3.63, 3.8) is 0 Å². The van der Waals surface area contributed by atoms with Crippen LogP contribution in [0.4, 0.5) is 4.79 Å². The van der Waals surface area contributed by atoms with Crippen molar-refractivity contribution >= 4 is 6.03 Å². The van der Waals surface area contributed by atoms with Gasteiger partial charge in [-0.05, 0) is 13.8 Å². The summed E-state index contributed by atoms with van der Waals surface area (Å²) >= 11 is 0. The Morgan fingerprint density at radius 2 is 1.85 bits per heavy atom. The summed E-state index contributed by atoms with van der Waals surface area (Å²) in [7, 11) is 0. The lowest BCUT2D eigenvalue weighted by Crippen LogP contribution is -2.40. The number of hydrogen-bond donors (Lipinski definition) is 1. The second kappa shape index (κ2) is 8.28. The van der Waals surface area contributed by atoms with Gasteiger partial charge in [-0.2, -0.15) is 0 Å². The molecule has 0 aliphatic rings. The van der Waals surface area contributed by atoms with Gasteiger partial charge in [0.2, 0.25) is 0 Å². The number of carbonyl (C=O) groups is 1. The normalized spacial score (nSPS) is 11.0. The highest BCUT2D eigenvalue weighted by Gasteiger charge is 2.17. The van der Waals surface area contributed by atoms with Crippen LogP contribution in [-0.4, -0.2) is 42.2 Å². The molecule has 3 aromatic heterocycles. The Balaban J connectivity index is 1.58. The molecule has 1 N–H and O–H groups in total. The minimum Gasteiger partial charge on any atom is -0.451 e. The Labute approximate surface area is 150 Å². The number of aromatic nitrogens is 5. The number of hydrogen-bond acceptors (Lipinski definition) is 7. The number of rotatable bonds is 8. The highest BCUT2D eigenvalue weighted by molar-refractivity contribution is 5.74. The first-order valence-corrected chi connectivity index (χ1v) is 8.28. The van der Waals surface area contributed by atoms with E-state index in [9.17, 15) is 4.79 Å². The number of amides is 2. The first-order chi connectivity index (χ1) is 12.6. The van der Waals surface area contributed by atoms with Crippen LogP contribution in [0.1, 0.15) is 37.1 Å². The van der Waals surface area contributed by atoms with Crippen molar-refractivity contribution in [2.75, 3.05) is 6.54 Å². The Morgan fingerprint density at radius 3 is 2.38 bits per heavy atom. The molecule has 138 valence electrons. The van der Waals surface area contributed by atoms with Crippen molar-refractivity contribution in [3.05, 3.63) is 48.9 Å². The van der Waals surface area contributed by atoms with E-state index in [1.165, 1.54) is 25.3 Å². The van der Waals surface area contributed by atoms with Crippen molar-refractivity contribution in [1.29, 1.82) is 0 Å². The van der Waals surface area contributed by atoms with Crippen molar-refractivity contribution in [1.82, 2.24) is 34.9 Å². The Hall–Kier alpha value is -3.17. The fraction of sp³-hybridized carbons (Fsp3) is 0.438. The third-order valence-corrected chi connectivity index (χ3v) is 3.79. The number of oxazole rings is 2. The molecule has 3 heterocycles. The number of nitrogens with zero attached hydrogens (tertiary/aromatic N) is 6. The molecule has 0 spiro atoms. The van der Waals surface area contributed by atoms with Crippen molar-refractivity contribution < 1.29 is 13.6 Å². The van der Waals surface area contributed by atoms with E-state index in [-0.39, 0.29) is 12.1 Å². The summed E-state index contributed by atoms with van der Waals surface area (Å²) in [6, 6.07) is 0.0399. The molecule has 2 amide bonds. The first-order valence-electron chi connectivity index (χ1n) is 8.28. The third kappa shape index (κ3) is 4.47. The fourth-order valence-electron chi connectivity index (χ4n) is 2.49. The lowest BCUT2D eigenvalue weighted by molar-refractivity contribution is 0.191. The molecule has 3 rings (SSSR count). The zero-order valence-corrected chi connectivity index (χ0v) is 14.7. The maximum absolute atomic E-state index is 12.6. The minimum absolute atomic E-state index is 0.230. The molecule has 0 aliphatic heterocycles. The van der Waals surface area contributed by atoms with E-state index in [1.807, 2.05) is 4.57 Å². The van der Waals surface area contributed by atoms with Crippen molar-refractivity contribution in [2.24, 2.45) is 0 Å². The van der Waals surface area contributed by atoms with Crippen LogP contribution in [0.2, 0.25) is 0 Å². The van der Waals surface area contributed by atoms with Gasteiger partial charge in [0.25, 0.3) is 0 Å². The second-order valence-electron chi connectivity index (χ2n) is 6.05. The van der Waals surface area contributed by atoms with Gasteiger partial charge >= 0.3 is 6.03 Å². The van der Waals surface area contributed by atoms with Crippen LogP contribution < -0.4 is 5.32 Å². The van der Waals surface area contributed by atoms with Crippen LogP contribution in [-0.2, 0) is 19.5 Å². The van der Waals surface area contributed by atoms with Crippen LogP contribution >= 0.6 is 0 Å². The standard InChI is InChI=1S/C16H21N7O3/c1-12(2)23-9-20-21-15(23)3-4-17-16(24)22(5-13-7-25-10-18-13)6-14-8-26-11-19-14/h7-12H,3-6H2,1-2H3,(H,17,24). The Kier molecular flexibility index (Phi) is 5.62. The molecule has 0 bridgehead atoms. The van der Waals surface area contributed by atoms with Crippen LogP contribution in [0, 0.1) is 0 Å². The quantitative estimate of drug-likeness (QED) is 0.652. The molecule has 0 unspecified atom stereocenters. The summed E-state index contributed by atoms with van der Waals surface area (Å²) in [5.74, 6) is 0.833. The SMILES string of the molecule is CC(C)n1cnnc1CCNC(=O)N(Cc1cocn1)Cc1cocn1. The van der Waals surface area contributed by atoms with E-state index in [0.29, 0.717) is 37.4 Å². The van der Waals surface area contributed by atoms with Gasteiger partial charge in [0.05, 0.1) is 24.5 Å². The number of urea groups is 1. The molecule has 10 nitrogen and oxygen atoms in total. The zero-order chi connectivity index (χ0) is 18.4. The molecule has 26 heavy (non-hydrogen) atoms. The van der Waals surface area contributed by atoms with Gasteiger partial charge in [-0.25, -0.2) is 14.8 Å². The summed E-state index contributed by atoms with van der Waals surface area (Å²) in [6.45, 7) is 5.17. The average molecular weight is 359 g/mol. The van der Waals surface area contributed by atoms with Crippen LogP contribution in [0.25, 0.3) is 0 Å². The molecule has 10 heteroatoms. The maximum atomic E-state index is 12.6. The number of carbonyl (C=O) groups excluding carboxylic acids is 1. The molecular formula is C16H21N7O3. The van der Waals surface area contributed by atoms with Crippen LogP contribution in [0.15, 0.2) is 40.5 Å². The lowest BCUT2D eigenvalue weighted by Gasteiger charge is -2.21. The largest absolute Gasteiger partial charge is 0.451 e. The van der Waals surface area contributed by atoms with Gasteiger partial charge in [-0.1, -0.05) is 0 Å². The summed E-state index contributed by atoms with van der Waals surface area (Å²) < 4.78 is 11.9. The van der Waals surface area contributed by atoms with E-state index < -0.39 is 0 Å². The van der Waals surface area contributed by atoms with Gasteiger partial charge in [-0.15, -0.1) is 10.2 Å². The highest BCUT2D eigenvalue weighted by Crippen LogP contribution is 2.09. The maximum Gasteiger partial charge on any atom is 0.318 e. The second-order valence-corrected chi connectivity index (χ2v) is 6.05. The van der Waals surface area contributed by atoms with E-state index in [0.717, 1.165) is 5.82 Å². The van der Waals surface area contributed by atoms with Crippen LogP contribution in [0.5, 0.6) is 0 Å². The summed E-state index contributed by atoms with van der Waals surface area (Å²) in [5.41, 5.74) is 1.31. The Bertz CT molecular complexity index is 760. The molecule has 0 saturated carbocycles. The van der Waals surface area contributed by atoms with Gasteiger partial charge in [0.15, 0.2) is 12.8 Å². The van der Waals surface area contributed by atoms with E-state index >= 15 is 0 Å². The molecule has 0 radical (unpaired) electrons. The molecular weight excluding hydrogens is 338 g/mol.